The van der Waals surface area contributed by atoms with E-state index in [0.29, 0.717) is 5.69 Å². The second-order valence-corrected chi connectivity index (χ2v) is 1.46. The first kappa shape index (κ1) is 10.2. The van der Waals surface area contributed by atoms with Gasteiger partial charge in [-0.25, -0.2) is 4.79 Å². The second-order valence-electron chi connectivity index (χ2n) is 1.46. The van der Waals surface area contributed by atoms with Crippen LogP contribution >= 0.6 is 0 Å². The van der Waals surface area contributed by atoms with Crippen molar-refractivity contribution in [2.75, 3.05) is 0 Å². The van der Waals surface area contributed by atoms with Gasteiger partial charge in [0.15, 0.2) is 0 Å². The summed E-state index contributed by atoms with van der Waals surface area (Å²) in [6, 6.07) is 0. The number of carboxylic acid groups (broad SMARTS) is 1. The van der Waals surface area contributed by atoms with Gasteiger partial charge in [0.2, 0.25) is 0 Å². The van der Waals surface area contributed by atoms with Crippen LogP contribution < -0.4 is 0 Å². The molecule has 0 aromatic carbocycles. The third kappa shape index (κ3) is 3.76. The van der Waals surface area contributed by atoms with Crippen molar-refractivity contribution >= 4 is 6.16 Å². The maximum absolute atomic E-state index is 9.80. The molecule has 11 heavy (non-hydrogen) atoms. The van der Waals surface area contributed by atoms with Crippen molar-refractivity contribution in [3.8, 4) is 0 Å². The molecule has 7 heteroatoms. The van der Waals surface area contributed by atoms with E-state index in [4.69, 9.17) is 5.11 Å². The van der Waals surface area contributed by atoms with Crippen molar-refractivity contribution < 1.29 is 37.0 Å². The van der Waals surface area contributed by atoms with Gasteiger partial charge in [0, 0.05) is 0 Å². The summed E-state index contributed by atoms with van der Waals surface area (Å²) in [4.78, 5) is 9.80. The van der Waals surface area contributed by atoms with Crippen LogP contribution in [-0.2, 0) is 33.7 Å². The summed E-state index contributed by atoms with van der Waals surface area (Å²) in [6.45, 7) is -0.0949. The van der Waals surface area contributed by atoms with Crippen LogP contribution in [0.25, 0.3) is 0 Å². The topological polar surface area (TPSA) is 88.1 Å². The number of H-pyrrole nitrogens is 1. The fraction of sp³-hybridized carbons (Fsp3) is 0.250. The smallest absolute Gasteiger partial charge is 0.450 e. The number of carbonyl (C=O) groups is 1. The minimum absolute atomic E-state index is 0. The van der Waals surface area contributed by atoms with Gasteiger partial charge in [-0.1, -0.05) is 5.69 Å². The molecule has 64 valence electrons. The molecule has 1 aromatic rings. The Labute approximate surface area is 77.4 Å². The quantitative estimate of drug-likeness (QED) is 0.443. The fourth-order valence-electron chi connectivity index (χ4n) is 0.394. The number of aromatic nitrogens is 3. The number of nitrogens with one attached hydrogen (secondary N) is 1. The Bertz CT molecular complexity index is 212. The Kier molecular flexibility index (Phi) is 4.51. The Morgan fingerprint density at radius 3 is 3.00 bits per heavy atom. The van der Waals surface area contributed by atoms with E-state index in [1.165, 1.54) is 0 Å². The summed E-state index contributed by atoms with van der Waals surface area (Å²) in [7, 11) is 0. The largest absolute Gasteiger partial charge is 1.00 e. The summed E-state index contributed by atoms with van der Waals surface area (Å²) >= 11 is 0. The summed E-state index contributed by atoms with van der Waals surface area (Å²) in [5, 5.41) is 17.0. The molecule has 0 spiro atoms. The molecule has 6 nitrogen and oxygen atoms in total. The second kappa shape index (κ2) is 4.89. The standard InChI is InChI=1S/C4H4N3O3.Au/c8-4(9)10-2-3-1-5-7-6-3;/h2H2,(H,8,9)(H,5,6,7);/q-1;+1. The van der Waals surface area contributed by atoms with E-state index in [2.05, 4.69) is 26.3 Å². The monoisotopic (exact) mass is 339 g/mol. The first-order chi connectivity index (χ1) is 4.79. The van der Waals surface area contributed by atoms with Crippen LogP contribution in [0.2, 0.25) is 0 Å². The third-order valence-corrected chi connectivity index (χ3v) is 0.760. The molecule has 0 unspecified atom stereocenters. The van der Waals surface area contributed by atoms with E-state index < -0.39 is 6.16 Å². The molecule has 0 radical (unpaired) electrons. The number of nitrogens with zero attached hydrogens (tertiary/aromatic N) is 2. The molecule has 2 N–H and O–H groups in total. The Morgan fingerprint density at radius 1 is 1.82 bits per heavy atom. The van der Waals surface area contributed by atoms with Crippen LogP contribution in [-0.4, -0.2) is 26.7 Å². The van der Waals surface area contributed by atoms with E-state index in [9.17, 15) is 4.79 Å². The van der Waals surface area contributed by atoms with E-state index >= 15 is 0 Å². The van der Waals surface area contributed by atoms with E-state index in [1.54, 1.807) is 0 Å². The Balaban J connectivity index is 0.000001000. The Morgan fingerprint density at radius 2 is 2.55 bits per heavy atom. The van der Waals surface area contributed by atoms with Gasteiger partial charge >= 0.3 is 28.5 Å². The van der Waals surface area contributed by atoms with Gasteiger partial charge < -0.3 is 21.1 Å². The van der Waals surface area contributed by atoms with E-state index in [-0.39, 0.29) is 29.0 Å². The predicted octanol–water partition coefficient (Wildman–Crippen LogP) is -0.203. The van der Waals surface area contributed by atoms with Gasteiger partial charge in [0.1, 0.15) is 6.61 Å². The average Bonchev–Trinajstić information content (AvgIpc) is 2.34. The number of rotatable bonds is 2. The van der Waals surface area contributed by atoms with Crippen LogP contribution in [0.3, 0.4) is 0 Å². The van der Waals surface area contributed by atoms with Gasteiger partial charge in [-0.2, -0.15) is 0 Å². The molecule has 1 heterocycles. The molecule has 0 bridgehead atoms. The van der Waals surface area contributed by atoms with Crippen LogP contribution in [0.15, 0.2) is 0 Å². The van der Waals surface area contributed by atoms with E-state index in [0.717, 1.165) is 0 Å². The van der Waals surface area contributed by atoms with Crippen molar-refractivity contribution in [2.24, 2.45) is 0 Å². The maximum Gasteiger partial charge on any atom is 1.00 e. The fourth-order valence-corrected chi connectivity index (χ4v) is 0.394. The molecule has 0 fully saturated rings. The minimum atomic E-state index is -1.33. The zero-order valence-electron chi connectivity index (χ0n) is 5.17. The normalized spacial score (nSPS) is 8.36. The summed E-state index contributed by atoms with van der Waals surface area (Å²) in [5.74, 6) is 0. The molecule has 0 saturated carbocycles. The van der Waals surface area contributed by atoms with Crippen LogP contribution in [0, 0.1) is 6.20 Å². The molecular weight excluding hydrogens is 335 g/mol. The van der Waals surface area contributed by atoms with Gasteiger partial charge in [-0.15, -0.1) is 5.21 Å². The van der Waals surface area contributed by atoms with Crippen molar-refractivity contribution in [1.82, 2.24) is 15.4 Å². The van der Waals surface area contributed by atoms with E-state index in [1.807, 2.05) is 0 Å². The summed E-state index contributed by atoms with van der Waals surface area (Å²) in [6.07, 6.45) is 1.06. The number of hydrogen-bond donors (Lipinski definition) is 2. The molecule has 0 amide bonds. The molecule has 0 aliphatic rings. The zero-order valence-corrected chi connectivity index (χ0v) is 7.33. The molecule has 0 saturated heterocycles. The summed E-state index contributed by atoms with van der Waals surface area (Å²) < 4.78 is 4.16. The number of ether oxygens (including phenoxy) is 1. The van der Waals surface area contributed by atoms with Crippen molar-refractivity contribution in [3.05, 3.63) is 11.9 Å². The third-order valence-electron chi connectivity index (χ3n) is 0.760. The molecule has 0 aliphatic heterocycles. The first-order valence-corrected chi connectivity index (χ1v) is 2.42. The predicted molar refractivity (Wildman–Crippen MR) is 28.0 cm³/mol. The van der Waals surface area contributed by atoms with Crippen molar-refractivity contribution in [2.45, 2.75) is 6.61 Å². The zero-order chi connectivity index (χ0) is 7.40. The first-order valence-electron chi connectivity index (χ1n) is 2.42. The Hall–Kier alpha value is -0.850. The maximum atomic E-state index is 9.80. The molecule has 0 aliphatic carbocycles. The van der Waals surface area contributed by atoms with Crippen molar-refractivity contribution in [3.63, 3.8) is 0 Å². The van der Waals surface area contributed by atoms with Crippen LogP contribution in [0.4, 0.5) is 4.79 Å². The molecule has 1 rings (SSSR count). The molecule has 1 aromatic heterocycles. The van der Waals surface area contributed by atoms with Gasteiger partial charge in [0.25, 0.3) is 0 Å². The SMILES string of the molecule is O=C(O)OCc1[c-]nn[nH]1.[Au+]. The number of aromatic amines is 1. The van der Waals surface area contributed by atoms with Crippen LogP contribution in [0.5, 0.6) is 0 Å². The average molecular weight is 339 g/mol. The summed E-state index contributed by atoms with van der Waals surface area (Å²) in [5.41, 5.74) is 0.405. The van der Waals surface area contributed by atoms with Crippen molar-refractivity contribution in [1.29, 1.82) is 0 Å². The van der Waals surface area contributed by atoms with Gasteiger partial charge in [-0.3, -0.25) is 5.10 Å². The number of hydrogen-bond acceptors (Lipinski definition) is 4. The minimum Gasteiger partial charge on any atom is -0.450 e. The molecular formula is C4H4AuN3O3. The molecule has 0 atom stereocenters. The van der Waals surface area contributed by atoms with Crippen LogP contribution in [0.1, 0.15) is 5.69 Å². The van der Waals surface area contributed by atoms with Gasteiger partial charge in [0.05, 0.1) is 0 Å². The van der Waals surface area contributed by atoms with Gasteiger partial charge in [-0.05, 0) is 0 Å².